The summed E-state index contributed by atoms with van der Waals surface area (Å²) >= 11 is 0. The Labute approximate surface area is 249 Å². The maximum Gasteiger partial charge on any atom is 0.340 e. The number of nitrogen functional groups attached to an aromatic ring is 1. The van der Waals surface area contributed by atoms with Crippen LogP contribution in [0.25, 0.3) is 11.2 Å². The molecule has 0 amide bonds. The van der Waals surface area contributed by atoms with E-state index in [1.54, 1.807) is 29.1 Å². The predicted octanol–water partition coefficient (Wildman–Crippen LogP) is -2.17. The van der Waals surface area contributed by atoms with E-state index in [0.29, 0.717) is 5.56 Å². The van der Waals surface area contributed by atoms with Crippen molar-refractivity contribution in [3.63, 3.8) is 0 Å². The number of nitrogens with zero attached hydrogens (tertiary/aromatic N) is 5. The number of hydrogen-bond donors (Lipinski definition) is 8. The molecular formula is C23H33N7O12P2+. The third kappa shape index (κ3) is 7.32. The van der Waals surface area contributed by atoms with Crippen LogP contribution in [0.3, 0.4) is 0 Å². The van der Waals surface area contributed by atoms with Crippen molar-refractivity contribution in [3.8, 4) is 0 Å². The summed E-state index contributed by atoms with van der Waals surface area (Å²) in [7, 11) is -9.55. The quantitative estimate of drug-likeness (QED) is 0.0616. The van der Waals surface area contributed by atoms with E-state index in [1.165, 1.54) is 23.6 Å². The van der Waals surface area contributed by atoms with E-state index in [1.807, 2.05) is 0 Å². The summed E-state index contributed by atoms with van der Waals surface area (Å²) < 4.78 is 49.4. The number of anilines is 1. The van der Waals surface area contributed by atoms with E-state index in [4.69, 9.17) is 30.0 Å². The number of hydrogen-bond acceptors (Lipinski definition) is 15. The molecule has 0 saturated carbocycles. The Balaban J connectivity index is 1.12. The summed E-state index contributed by atoms with van der Waals surface area (Å²) in [5, 5.41) is 41.1. The summed E-state index contributed by atoms with van der Waals surface area (Å²) in [6.07, 6.45) is -1.88. The lowest BCUT2D eigenvalue weighted by molar-refractivity contribution is -0.721. The highest BCUT2D eigenvalue weighted by atomic mass is 31.2. The summed E-state index contributed by atoms with van der Waals surface area (Å²) in [5.41, 5.74) is 12.1. The second-order valence-electron chi connectivity index (χ2n) is 10.3. The van der Waals surface area contributed by atoms with Gasteiger partial charge in [0, 0.05) is 6.07 Å². The Hall–Kier alpha value is -2.48. The molecule has 0 aromatic carbocycles. The van der Waals surface area contributed by atoms with E-state index in [0.717, 1.165) is 0 Å². The number of imidazole rings is 1. The van der Waals surface area contributed by atoms with Gasteiger partial charge in [0.05, 0.1) is 37.6 Å². The Kier molecular flexibility index (Phi) is 9.79. The van der Waals surface area contributed by atoms with Gasteiger partial charge in [-0.3, -0.25) is 13.7 Å². The number of aliphatic hydroxyl groups is 4. The van der Waals surface area contributed by atoms with Gasteiger partial charge >= 0.3 is 15.2 Å². The molecule has 44 heavy (non-hydrogen) atoms. The van der Waals surface area contributed by atoms with Crippen molar-refractivity contribution in [3.05, 3.63) is 49.2 Å². The second kappa shape index (κ2) is 13.1. The van der Waals surface area contributed by atoms with Gasteiger partial charge in [0.1, 0.15) is 49.1 Å². The van der Waals surface area contributed by atoms with E-state index in [2.05, 4.69) is 15.0 Å². The Morgan fingerprint density at radius 3 is 2.48 bits per heavy atom. The van der Waals surface area contributed by atoms with E-state index < -0.39 is 83.3 Å². The summed E-state index contributed by atoms with van der Waals surface area (Å²) in [6.45, 7) is -1.27. The Morgan fingerprint density at radius 2 is 1.80 bits per heavy atom. The van der Waals surface area contributed by atoms with Crippen LogP contribution in [-0.4, -0.2) is 106 Å². The van der Waals surface area contributed by atoms with Crippen molar-refractivity contribution >= 4 is 32.2 Å². The number of ether oxygens (including phenoxy) is 2. The van der Waals surface area contributed by atoms with Gasteiger partial charge in [-0.05, 0) is 6.07 Å². The first-order valence-corrected chi connectivity index (χ1v) is 16.7. The molecule has 2 aliphatic heterocycles. The van der Waals surface area contributed by atoms with Gasteiger partial charge in [0.15, 0.2) is 42.0 Å². The normalized spacial score (nSPS) is 31.0. The topological polar surface area (TPSA) is 292 Å². The predicted molar refractivity (Wildman–Crippen MR) is 147 cm³/mol. The molecule has 241 valence electrons. The molecular weight excluding hydrogens is 628 g/mol. The smallest absolute Gasteiger partial charge is 0.340 e. The van der Waals surface area contributed by atoms with Crippen molar-refractivity contribution in [2.45, 2.75) is 49.0 Å². The molecule has 3 aromatic heterocycles. The molecule has 2 fully saturated rings. The summed E-state index contributed by atoms with van der Waals surface area (Å²) in [6, 6.07) is 2.84. The highest BCUT2D eigenvalue weighted by Gasteiger charge is 2.46. The van der Waals surface area contributed by atoms with Crippen LogP contribution in [-0.2, 0) is 27.7 Å². The third-order valence-electron chi connectivity index (χ3n) is 7.09. The lowest BCUT2D eigenvalue weighted by Gasteiger charge is -2.31. The first kappa shape index (κ1) is 32.9. The van der Waals surface area contributed by atoms with Crippen LogP contribution < -0.4 is 16.0 Å². The zero-order chi connectivity index (χ0) is 31.8. The summed E-state index contributed by atoms with van der Waals surface area (Å²) in [4.78, 5) is 32.4. The molecule has 0 bridgehead atoms. The first-order valence-electron chi connectivity index (χ1n) is 13.2. The highest BCUT2D eigenvalue weighted by molar-refractivity contribution is 7.70. The van der Waals surface area contributed by atoms with Crippen molar-refractivity contribution < 1.29 is 62.4 Å². The van der Waals surface area contributed by atoms with Gasteiger partial charge in [-0.1, -0.05) is 0 Å². The van der Waals surface area contributed by atoms with Gasteiger partial charge in [0.2, 0.25) is 0 Å². The Bertz CT molecular complexity index is 1560. The van der Waals surface area contributed by atoms with Crippen molar-refractivity contribution in [1.29, 1.82) is 0 Å². The van der Waals surface area contributed by atoms with Gasteiger partial charge < -0.3 is 60.2 Å². The van der Waals surface area contributed by atoms with Crippen LogP contribution in [0.5, 0.6) is 0 Å². The summed E-state index contributed by atoms with van der Waals surface area (Å²) in [5.74, 6) is -1.23. The van der Waals surface area contributed by atoms with Crippen molar-refractivity contribution in [2.24, 2.45) is 5.73 Å². The first-order chi connectivity index (χ1) is 20.7. The lowest BCUT2D eigenvalue weighted by atomic mass is 10.0. The molecule has 5 rings (SSSR count). The van der Waals surface area contributed by atoms with Crippen molar-refractivity contribution in [1.82, 2.24) is 19.5 Å². The zero-order valence-corrected chi connectivity index (χ0v) is 24.7. The fraction of sp³-hybridized carbons (Fsp3) is 0.522. The minimum atomic E-state index is -4.80. The van der Waals surface area contributed by atoms with Gasteiger partial charge in [-0.2, -0.15) is 4.57 Å². The van der Waals surface area contributed by atoms with Crippen LogP contribution in [0.4, 0.5) is 5.82 Å². The monoisotopic (exact) mass is 661 g/mol. The number of rotatable bonds is 11. The molecule has 19 nitrogen and oxygen atoms in total. The van der Waals surface area contributed by atoms with E-state index >= 15 is 0 Å². The molecule has 1 radical (unpaired) electrons. The second-order valence-corrected chi connectivity index (χ2v) is 14.5. The van der Waals surface area contributed by atoms with Gasteiger partial charge in [0.25, 0.3) is 0 Å². The molecule has 0 spiro atoms. The standard InChI is InChI=1S/C23H32N7O12P2/c24-20-17-22(27-9-26-20)30(10-28-17)23-19(33)18(32)16(42-23)8-41-44(37,38)11-43(35,36)40-7-15-14(31)4-13(6-39-15)29-3-1-2-12(5-29)21(25)34/h1-5,9-10,13-16,18-19,21,23,31-34H,6-8,11,25H2,(H3-,24,26,27,35,36,37,38)/p+1. The van der Waals surface area contributed by atoms with Crippen LogP contribution in [0.1, 0.15) is 24.1 Å². The fourth-order valence-electron chi connectivity index (χ4n) is 4.79. The van der Waals surface area contributed by atoms with Gasteiger partial charge in [-0.25, -0.2) is 15.0 Å². The lowest BCUT2D eigenvalue weighted by Crippen LogP contribution is -2.51. The largest absolute Gasteiger partial charge is 0.390 e. The molecule has 0 aliphatic carbocycles. The third-order valence-corrected chi connectivity index (χ3v) is 11.1. The molecule has 3 aromatic rings. The molecule has 2 aliphatic rings. The van der Waals surface area contributed by atoms with Crippen molar-refractivity contribution in [2.75, 3.05) is 31.5 Å². The number of fused-ring (bicyclic) bond motifs is 1. The SMILES string of the molecule is Nc1ncnc2c1ncn2C1OC(COP(=O)(O)CP(=O)(O)OCC2OCC([n+]3cccc(C(N)O)c3)[CH]C2O)C(O)C1O. The number of aromatic nitrogens is 5. The number of nitrogens with two attached hydrogens (primary N) is 2. The molecule has 2 saturated heterocycles. The minimum absolute atomic E-state index is 0.0446. The maximum absolute atomic E-state index is 12.6. The molecule has 5 heterocycles. The average Bonchev–Trinajstić information content (AvgIpc) is 3.52. The van der Waals surface area contributed by atoms with Gasteiger partial charge in [-0.15, -0.1) is 0 Å². The molecule has 10 unspecified atom stereocenters. The molecule has 10 atom stereocenters. The fourth-order valence-corrected chi connectivity index (χ4v) is 8.01. The van der Waals surface area contributed by atoms with E-state index in [9.17, 15) is 39.3 Å². The Morgan fingerprint density at radius 1 is 1.09 bits per heavy atom. The zero-order valence-electron chi connectivity index (χ0n) is 22.9. The van der Waals surface area contributed by atoms with Crippen LogP contribution in [0.15, 0.2) is 37.2 Å². The average molecular weight is 662 g/mol. The van der Waals surface area contributed by atoms with Crippen LogP contribution in [0.2, 0.25) is 0 Å². The maximum atomic E-state index is 12.6. The molecule has 21 heteroatoms. The van der Waals surface area contributed by atoms with Crippen LogP contribution in [0, 0.1) is 6.42 Å². The van der Waals surface area contributed by atoms with E-state index in [-0.39, 0.29) is 23.6 Å². The number of pyridine rings is 1. The highest BCUT2D eigenvalue weighted by Crippen LogP contribution is 2.58. The van der Waals surface area contributed by atoms with Crippen LogP contribution >= 0.6 is 15.2 Å². The molecule has 10 N–H and O–H groups in total. The minimum Gasteiger partial charge on any atom is -0.390 e. The number of aliphatic hydroxyl groups excluding tert-OH is 4.